The molecule has 20 heavy (non-hydrogen) atoms. The Hall–Kier alpha value is -1.20. The van der Waals surface area contributed by atoms with Gasteiger partial charge in [0.2, 0.25) is 5.91 Å². The number of hydrogen-bond acceptors (Lipinski definition) is 4. The number of ether oxygens (including phenoxy) is 1. The van der Waals surface area contributed by atoms with Crippen molar-refractivity contribution < 1.29 is 14.6 Å². The highest BCUT2D eigenvalue weighted by atomic mass is 32.2. The third kappa shape index (κ3) is 3.90. The molecule has 0 saturated carbocycles. The first-order valence-corrected chi connectivity index (χ1v) is 7.99. The zero-order valence-electron chi connectivity index (χ0n) is 11.7. The fraction of sp³-hybridized carbons (Fsp3) is 0.533. The van der Waals surface area contributed by atoms with Crippen molar-refractivity contribution in [3.63, 3.8) is 0 Å². The fourth-order valence-corrected chi connectivity index (χ4v) is 3.17. The van der Waals surface area contributed by atoms with E-state index in [0.717, 1.165) is 30.0 Å². The number of thioether (sulfide) groups is 1. The molecule has 110 valence electrons. The summed E-state index contributed by atoms with van der Waals surface area (Å²) >= 11 is 1.53. The van der Waals surface area contributed by atoms with Gasteiger partial charge in [0.25, 0.3) is 0 Å². The Morgan fingerprint density at radius 1 is 1.45 bits per heavy atom. The van der Waals surface area contributed by atoms with Crippen LogP contribution in [-0.2, 0) is 4.79 Å². The average Bonchev–Trinajstić information content (AvgIpc) is 2.95. The van der Waals surface area contributed by atoms with E-state index in [4.69, 9.17) is 4.74 Å². The highest BCUT2D eigenvalue weighted by Crippen LogP contribution is 2.24. The molecule has 1 heterocycles. The van der Waals surface area contributed by atoms with Gasteiger partial charge in [-0.15, -0.1) is 11.8 Å². The van der Waals surface area contributed by atoms with E-state index in [9.17, 15) is 9.90 Å². The lowest BCUT2D eigenvalue weighted by atomic mass is 10.2. The molecule has 1 unspecified atom stereocenters. The van der Waals surface area contributed by atoms with Crippen LogP contribution in [0.5, 0.6) is 5.75 Å². The molecule has 1 aromatic carbocycles. The molecule has 1 N–H and O–H groups in total. The quantitative estimate of drug-likeness (QED) is 0.817. The minimum Gasteiger partial charge on any atom is -0.494 e. The summed E-state index contributed by atoms with van der Waals surface area (Å²) in [5.41, 5.74) is 0. The van der Waals surface area contributed by atoms with Crippen LogP contribution >= 0.6 is 11.8 Å². The molecular weight excluding hydrogens is 274 g/mol. The standard InChI is InChI=1S/C15H21NO3S/c1-2-19-13-5-7-14(8-6-13)20-11-15(18)16-9-3-4-12(16)10-17/h5-8,12,17H,2-4,9-11H2,1H3. The largest absolute Gasteiger partial charge is 0.494 e. The summed E-state index contributed by atoms with van der Waals surface area (Å²) in [5, 5.41) is 9.24. The van der Waals surface area contributed by atoms with Crippen LogP contribution in [0, 0.1) is 0 Å². The molecule has 0 radical (unpaired) electrons. The summed E-state index contributed by atoms with van der Waals surface area (Å²) in [5.74, 6) is 1.38. The predicted octanol–water partition coefficient (Wildman–Crippen LogP) is 2.16. The minimum atomic E-state index is 0.0171. The first-order chi connectivity index (χ1) is 9.74. The molecule has 2 rings (SSSR count). The monoisotopic (exact) mass is 295 g/mol. The summed E-state index contributed by atoms with van der Waals surface area (Å²) in [4.78, 5) is 15.0. The highest BCUT2D eigenvalue weighted by molar-refractivity contribution is 8.00. The molecule has 0 aromatic heterocycles. The van der Waals surface area contributed by atoms with Gasteiger partial charge < -0.3 is 14.7 Å². The SMILES string of the molecule is CCOc1ccc(SCC(=O)N2CCCC2CO)cc1. The van der Waals surface area contributed by atoms with Gasteiger partial charge in [-0.05, 0) is 44.0 Å². The average molecular weight is 295 g/mol. The van der Waals surface area contributed by atoms with Crippen LogP contribution in [0.4, 0.5) is 0 Å². The summed E-state index contributed by atoms with van der Waals surface area (Å²) in [6, 6.07) is 7.79. The van der Waals surface area contributed by atoms with Crippen molar-refractivity contribution in [3.05, 3.63) is 24.3 Å². The molecule has 5 heteroatoms. The maximum atomic E-state index is 12.1. The van der Waals surface area contributed by atoms with Gasteiger partial charge in [0, 0.05) is 11.4 Å². The smallest absolute Gasteiger partial charge is 0.233 e. The second-order valence-electron chi connectivity index (χ2n) is 4.76. The fourth-order valence-electron chi connectivity index (χ4n) is 2.38. The van der Waals surface area contributed by atoms with E-state index in [1.54, 1.807) is 0 Å². The number of hydrogen-bond donors (Lipinski definition) is 1. The Morgan fingerprint density at radius 3 is 2.85 bits per heavy atom. The zero-order chi connectivity index (χ0) is 14.4. The molecule has 1 amide bonds. The molecule has 1 aliphatic rings. The third-order valence-electron chi connectivity index (χ3n) is 3.41. The highest BCUT2D eigenvalue weighted by Gasteiger charge is 2.27. The van der Waals surface area contributed by atoms with Crippen molar-refractivity contribution in [2.75, 3.05) is 25.5 Å². The first-order valence-electron chi connectivity index (χ1n) is 7.00. The van der Waals surface area contributed by atoms with Crippen LogP contribution in [0.25, 0.3) is 0 Å². The number of nitrogens with zero attached hydrogens (tertiary/aromatic N) is 1. The maximum absolute atomic E-state index is 12.1. The van der Waals surface area contributed by atoms with E-state index in [0.29, 0.717) is 12.4 Å². The molecule has 4 nitrogen and oxygen atoms in total. The first kappa shape index (κ1) is 15.2. The molecule has 1 fully saturated rings. The number of amides is 1. The van der Waals surface area contributed by atoms with Crippen molar-refractivity contribution in [2.24, 2.45) is 0 Å². The second kappa shape index (κ2) is 7.55. The van der Waals surface area contributed by atoms with Crippen LogP contribution in [0.1, 0.15) is 19.8 Å². The second-order valence-corrected chi connectivity index (χ2v) is 5.81. The van der Waals surface area contributed by atoms with Crippen molar-refractivity contribution in [1.82, 2.24) is 4.90 Å². The lowest BCUT2D eigenvalue weighted by molar-refractivity contribution is -0.129. The van der Waals surface area contributed by atoms with Crippen molar-refractivity contribution >= 4 is 17.7 Å². The van der Waals surface area contributed by atoms with Gasteiger partial charge >= 0.3 is 0 Å². The van der Waals surface area contributed by atoms with E-state index in [1.807, 2.05) is 36.1 Å². The summed E-state index contributed by atoms with van der Waals surface area (Å²) in [7, 11) is 0. The number of aliphatic hydroxyl groups is 1. The molecule has 1 atom stereocenters. The third-order valence-corrected chi connectivity index (χ3v) is 4.40. The van der Waals surface area contributed by atoms with Gasteiger partial charge in [0.05, 0.1) is 25.0 Å². The Bertz CT molecular complexity index is 435. The van der Waals surface area contributed by atoms with E-state index in [-0.39, 0.29) is 18.6 Å². The van der Waals surface area contributed by atoms with Gasteiger partial charge in [-0.25, -0.2) is 0 Å². The number of rotatable bonds is 6. The van der Waals surface area contributed by atoms with Crippen LogP contribution in [0.15, 0.2) is 29.2 Å². The van der Waals surface area contributed by atoms with E-state index in [1.165, 1.54) is 11.8 Å². The van der Waals surface area contributed by atoms with Gasteiger partial charge in [0.15, 0.2) is 0 Å². The molecule has 1 aromatic rings. The van der Waals surface area contributed by atoms with Crippen molar-refractivity contribution in [2.45, 2.75) is 30.7 Å². The minimum absolute atomic E-state index is 0.0171. The number of aliphatic hydroxyl groups excluding tert-OH is 1. The summed E-state index contributed by atoms with van der Waals surface area (Å²) < 4.78 is 5.38. The number of likely N-dealkylation sites (tertiary alicyclic amines) is 1. The Labute approximate surface area is 124 Å². The van der Waals surface area contributed by atoms with Gasteiger partial charge in [-0.2, -0.15) is 0 Å². The lowest BCUT2D eigenvalue weighted by Gasteiger charge is -2.22. The Balaban J connectivity index is 1.83. The maximum Gasteiger partial charge on any atom is 0.233 e. The Morgan fingerprint density at radius 2 is 2.20 bits per heavy atom. The predicted molar refractivity (Wildman–Crippen MR) is 80.2 cm³/mol. The van der Waals surface area contributed by atoms with E-state index >= 15 is 0 Å². The molecule has 1 aliphatic heterocycles. The normalized spacial score (nSPS) is 18.3. The number of benzene rings is 1. The van der Waals surface area contributed by atoms with Gasteiger partial charge in [-0.3, -0.25) is 4.79 Å². The summed E-state index contributed by atoms with van der Waals surface area (Å²) in [6.07, 6.45) is 1.90. The number of carbonyl (C=O) groups excluding carboxylic acids is 1. The van der Waals surface area contributed by atoms with Gasteiger partial charge in [0.1, 0.15) is 5.75 Å². The lowest BCUT2D eigenvalue weighted by Crippen LogP contribution is -2.38. The molecular formula is C15H21NO3S. The molecule has 0 spiro atoms. The van der Waals surface area contributed by atoms with Crippen LogP contribution < -0.4 is 4.74 Å². The molecule has 1 saturated heterocycles. The summed E-state index contributed by atoms with van der Waals surface area (Å²) in [6.45, 7) is 3.45. The van der Waals surface area contributed by atoms with Crippen molar-refractivity contribution in [3.8, 4) is 5.75 Å². The number of carbonyl (C=O) groups is 1. The van der Waals surface area contributed by atoms with Crippen LogP contribution in [-0.4, -0.2) is 47.5 Å². The Kier molecular flexibility index (Phi) is 5.73. The van der Waals surface area contributed by atoms with E-state index < -0.39 is 0 Å². The van der Waals surface area contributed by atoms with Crippen molar-refractivity contribution in [1.29, 1.82) is 0 Å². The van der Waals surface area contributed by atoms with Crippen LogP contribution in [0.3, 0.4) is 0 Å². The van der Waals surface area contributed by atoms with Gasteiger partial charge in [-0.1, -0.05) is 0 Å². The van der Waals surface area contributed by atoms with E-state index in [2.05, 4.69) is 0 Å². The zero-order valence-corrected chi connectivity index (χ0v) is 12.6. The topological polar surface area (TPSA) is 49.8 Å². The molecule has 0 bridgehead atoms. The molecule has 0 aliphatic carbocycles. The van der Waals surface area contributed by atoms with Crippen LogP contribution in [0.2, 0.25) is 0 Å².